The van der Waals surface area contributed by atoms with Crippen molar-refractivity contribution in [1.29, 1.82) is 0 Å². The molecule has 0 amide bonds. The van der Waals surface area contributed by atoms with Crippen molar-refractivity contribution >= 4 is 0 Å². The first-order valence-electron chi connectivity index (χ1n) is 7.35. The van der Waals surface area contributed by atoms with Crippen LogP contribution in [-0.4, -0.2) is 63.5 Å². The fourth-order valence-corrected chi connectivity index (χ4v) is 3.00. The Kier molecular flexibility index (Phi) is 5.89. The van der Waals surface area contributed by atoms with E-state index in [4.69, 9.17) is 9.47 Å². The van der Waals surface area contributed by atoms with Crippen LogP contribution in [0.2, 0.25) is 0 Å². The lowest BCUT2D eigenvalue weighted by atomic mass is 10.0. The summed E-state index contributed by atoms with van der Waals surface area (Å²) in [7, 11) is 1.83. The van der Waals surface area contributed by atoms with Crippen LogP contribution in [-0.2, 0) is 9.47 Å². The van der Waals surface area contributed by atoms with Gasteiger partial charge in [0.25, 0.3) is 0 Å². The first-order valence-corrected chi connectivity index (χ1v) is 7.35. The molecular weight excluding hydrogens is 228 g/mol. The molecule has 0 bridgehead atoms. The van der Waals surface area contributed by atoms with Gasteiger partial charge in [0.05, 0.1) is 12.7 Å². The number of ether oxygens (including phenoxy) is 2. The summed E-state index contributed by atoms with van der Waals surface area (Å²) >= 11 is 0. The first kappa shape index (κ1) is 14.3. The molecule has 0 aromatic rings. The number of piperidine rings is 1. The van der Waals surface area contributed by atoms with Crippen molar-refractivity contribution in [2.75, 3.05) is 46.5 Å². The zero-order valence-electron chi connectivity index (χ0n) is 11.9. The molecule has 4 heteroatoms. The first-order chi connectivity index (χ1) is 8.79. The van der Waals surface area contributed by atoms with Crippen molar-refractivity contribution in [3.05, 3.63) is 0 Å². The maximum Gasteiger partial charge on any atom is 0.0598 e. The zero-order valence-corrected chi connectivity index (χ0v) is 11.9. The summed E-state index contributed by atoms with van der Waals surface area (Å²) in [5.41, 5.74) is 0. The summed E-state index contributed by atoms with van der Waals surface area (Å²) in [4.78, 5) is 2.58. The molecule has 2 heterocycles. The van der Waals surface area contributed by atoms with Gasteiger partial charge in [0.1, 0.15) is 0 Å². The van der Waals surface area contributed by atoms with Gasteiger partial charge in [0.15, 0.2) is 0 Å². The molecule has 0 aliphatic carbocycles. The lowest BCUT2D eigenvalue weighted by molar-refractivity contribution is 0.0164. The van der Waals surface area contributed by atoms with E-state index >= 15 is 0 Å². The fourth-order valence-electron chi connectivity index (χ4n) is 3.00. The van der Waals surface area contributed by atoms with E-state index in [1.54, 1.807) is 0 Å². The molecule has 2 rings (SSSR count). The molecule has 3 unspecified atom stereocenters. The molecule has 1 N–H and O–H groups in total. The molecule has 0 radical (unpaired) electrons. The number of methoxy groups -OCH3 is 1. The van der Waals surface area contributed by atoms with Gasteiger partial charge in [-0.15, -0.1) is 0 Å². The molecule has 0 spiro atoms. The van der Waals surface area contributed by atoms with Crippen molar-refractivity contribution in [3.63, 3.8) is 0 Å². The van der Waals surface area contributed by atoms with Gasteiger partial charge in [-0.2, -0.15) is 0 Å². The highest BCUT2D eigenvalue weighted by atomic mass is 16.5. The van der Waals surface area contributed by atoms with Gasteiger partial charge < -0.3 is 14.8 Å². The Bertz CT molecular complexity index is 232. The van der Waals surface area contributed by atoms with Crippen molar-refractivity contribution in [1.82, 2.24) is 10.2 Å². The molecule has 3 atom stereocenters. The van der Waals surface area contributed by atoms with Gasteiger partial charge in [-0.1, -0.05) is 0 Å². The third kappa shape index (κ3) is 4.19. The monoisotopic (exact) mass is 256 g/mol. The predicted molar refractivity (Wildman–Crippen MR) is 72.9 cm³/mol. The van der Waals surface area contributed by atoms with Crippen molar-refractivity contribution < 1.29 is 9.47 Å². The van der Waals surface area contributed by atoms with E-state index in [1.807, 2.05) is 7.11 Å². The average molecular weight is 256 g/mol. The number of hydrogen-bond acceptors (Lipinski definition) is 4. The van der Waals surface area contributed by atoms with E-state index in [0.29, 0.717) is 12.1 Å². The van der Waals surface area contributed by atoms with E-state index in [9.17, 15) is 0 Å². The van der Waals surface area contributed by atoms with Gasteiger partial charge in [-0.3, -0.25) is 4.90 Å². The topological polar surface area (TPSA) is 33.7 Å². The molecule has 2 fully saturated rings. The van der Waals surface area contributed by atoms with Crippen LogP contribution in [0.25, 0.3) is 0 Å². The highest BCUT2D eigenvalue weighted by Gasteiger charge is 2.24. The molecular formula is C14H28N2O2. The standard InChI is InChI=1S/C14H28N2O2/c1-12-9-14(17-2)3-6-16(12)7-5-15-10-13-4-8-18-11-13/h12-15H,3-11H2,1-2H3. The van der Waals surface area contributed by atoms with Gasteiger partial charge in [0, 0.05) is 45.9 Å². The molecule has 0 aromatic heterocycles. The Hall–Kier alpha value is -0.160. The van der Waals surface area contributed by atoms with Crippen LogP contribution < -0.4 is 5.32 Å². The normalized spacial score (nSPS) is 34.0. The number of hydrogen-bond donors (Lipinski definition) is 1. The summed E-state index contributed by atoms with van der Waals surface area (Å²) in [5.74, 6) is 0.738. The summed E-state index contributed by atoms with van der Waals surface area (Å²) in [6.07, 6.45) is 4.05. The zero-order chi connectivity index (χ0) is 12.8. The van der Waals surface area contributed by atoms with Crippen LogP contribution in [0.4, 0.5) is 0 Å². The minimum atomic E-state index is 0.472. The minimum absolute atomic E-state index is 0.472. The molecule has 0 saturated carbocycles. The van der Waals surface area contributed by atoms with Crippen molar-refractivity contribution in [2.24, 2.45) is 5.92 Å². The van der Waals surface area contributed by atoms with Crippen molar-refractivity contribution in [2.45, 2.75) is 38.3 Å². The highest BCUT2D eigenvalue weighted by molar-refractivity contribution is 4.79. The summed E-state index contributed by atoms with van der Waals surface area (Å²) in [5, 5.41) is 3.57. The van der Waals surface area contributed by atoms with Gasteiger partial charge in [-0.05, 0) is 32.1 Å². The van der Waals surface area contributed by atoms with E-state index < -0.39 is 0 Å². The van der Waals surface area contributed by atoms with Gasteiger partial charge in [0.2, 0.25) is 0 Å². The third-order valence-corrected chi connectivity index (χ3v) is 4.33. The predicted octanol–water partition coefficient (Wildman–Crippen LogP) is 1.11. The lowest BCUT2D eigenvalue weighted by Gasteiger charge is -2.37. The smallest absolute Gasteiger partial charge is 0.0598 e. The second-order valence-corrected chi connectivity index (χ2v) is 5.70. The fraction of sp³-hybridized carbons (Fsp3) is 1.00. The van der Waals surface area contributed by atoms with E-state index in [2.05, 4.69) is 17.1 Å². The Morgan fingerprint density at radius 2 is 2.28 bits per heavy atom. The maximum absolute atomic E-state index is 5.45. The summed E-state index contributed by atoms with van der Waals surface area (Å²) < 4.78 is 10.8. The number of rotatable bonds is 6. The van der Waals surface area contributed by atoms with Crippen LogP contribution in [0.15, 0.2) is 0 Å². The van der Waals surface area contributed by atoms with E-state index in [0.717, 1.165) is 38.8 Å². The van der Waals surface area contributed by atoms with Gasteiger partial charge >= 0.3 is 0 Å². The molecule has 0 aromatic carbocycles. The minimum Gasteiger partial charge on any atom is -0.381 e. The Balaban J connectivity index is 1.56. The molecule has 106 valence electrons. The molecule has 2 aliphatic rings. The third-order valence-electron chi connectivity index (χ3n) is 4.33. The molecule has 2 saturated heterocycles. The largest absolute Gasteiger partial charge is 0.381 e. The maximum atomic E-state index is 5.45. The average Bonchev–Trinajstić information content (AvgIpc) is 2.89. The number of likely N-dealkylation sites (tertiary alicyclic amines) is 1. The highest BCUT2D eigenvalue weighted by Crippen LogP contribution is 2.18. The number of nitrogens with zero attached hydrogens (tertiary/aromatic N) is 1. The van der Waals surface area contributed by atoms with E-state index in [-0.39, 0.29) is 0 Å². The Morgan fingerprint density at radius 3 is 2.94 bits per heavy atom. The van der Waals surface area contributed by atoms with Gasteiger partial charge in [-0.25, -0.2) is 0 Å². The van der Waals surface area contributed by atoms with Crippen LogP contribution in [0.5, 0.6) is 0 Å². The summed E-state index contributed by atoms with van der Waals surface area (Å²) in [6.45, 7) is 8.76. The van der Waals surface area contributed by atoms with Crippen LogP contribution >= 0.6 is 0 Å². The van der Waals surface area contributed by atoms with Crippen molar-refractivity contribution in [3.8, 4) is 0 Å². The van der Waals surface area contributed by atoms with Crippen LogP contribution in [0.1, 0.15) is 26.2 Å². The second kappa shape index (κ2) is 7.43. The molecule has 18 heavy (non-hydrogen) atoms. The molecule has 2 aliphatic heterocycles. The lowest BCUT2D eigenvalue weighted by Crippen LogP contribution is -2.46. The molecule has 4 nitrogen and oxygen atoms in total. The number of nitrogens with one attached hydrogen (secondary N) is 1. The van der Waals surface area contributed by atoms with Crippen LogP contribution in [0, 0.1) is 5.92 Å². The SMILES string of the molecule is COC1CCN(CCNCC2CCOC2)C(C)C1. The Labute approximate surface area is 111 Å². The quantitative estimate of drug-likeness (QED) is 0.722. The summed E-state index contributed by atoms with van der Waals surface area (Å²) in [6, 6.07) is 0.653. The van der Waals surface area contributed by atoms with E-state index in [1.165, 1.54) is 25.8 Å². The Morgan fingerprint density at radius 1 is 1.39 bits per heavy atom. The van der Waals surface area contributed by atoms with Crippen LogP contribution in [0.3, 0.4) is 0 Å². The second-order valence-electron chi connectivity index (χ2n) is 5.70.